The summed E-state index contributed by atoms with van der Waals surface area (Å²) in [6, 6.07) is 30.4. The van der Waals surface area contributed by atoms with Gasteiger partial charge in [0.25, 0.3) is 0 Å². The number of azo groups is 2. The number of nitrogens with zero attached hydrogens (tertiary/aromatic N) is 4. The molecule has 6 rings (SSSR count). The Balaban J connectivity index is 0.00000314. The van der Waals surface area contributed by atoms with Gasteiger partial charge in [-0.2, -0.15) is 15.3 Å². The van der Waals surface area contributed by atoms with Crippen LogP contribution in [0.25, 0.3) is 34.1 Å². The quantitative estimate of drug-likeness (QED) is 0.0644. The molecule has 0 spiro atoms. The molecule has 0 unspecified atom stereocenters. The molecule has 17 heteroatoms. The second-order valence-corrected chi connectivity index (χ2v) is 13.7. The fourth-order valence-corrected chi connectivity index (χ4v) is 6.49. The zero-order valence-electron chi connectivity index (χ0n) is 28.2. The fourth-order valence-electron chi connectivity index (χ4n) is 5.13. The molecule has 0 aliphatic heterocycles. The molecule has 0 radical (unpaired) electrons. The monoisotopic (exact) mass is 765 g/mol. The molecule has 0 saturated heterocycles. The van der Waals surface area contributed by atoms with E-state index >= 15 is 0 Å². The van der Waals surface area contributed by atoms with Crippen molar-refractivity contribution in [3.8, 4) is 22.6 Å². The first-order chi connectivity index (χ1) is 24.3. The maximum absolute atomic E-state index is 12.3. The van der Waals surface area contributed by atoms with Crippen molar-refractivity contribution >= 4 is 71.6 Å². The predicted molar refractivity (Wildman–Crippen MR) is 190 cm³/mol. The molecule has 0 atom stereocenters. The van der Waals surface area contributed by atoms with Gasteiger partial charge in [0.1, 0.15) is 37.4 Å². The van der Waals surface area contributed by atoms with Gasteiger partial charge in [-0.25, -0.2) is 16.8 Å². The zero-order valence-corrected chi connectivity index (χ0v) is 33.8. The van der Waals surface area contributed by atoms with Gasteiger partial charge in [0.2, 0.25) is 0 Å². The smallest absolute Gasteiger partial charge is 0.744 e. The van der Waals surface area contributed by atoms with E-state index in [1.165, 1.54) is 24.3 Å². The number of rotatable bonds is 9. The predicted octanol–water partition coefficient (Wildman–Crippen LogP) is 2.32. The minimum atomic E-state index is -5.27. The molecule has 0 saturated carbocycles. The van der Waals surface area contributed by atoms with Gasteiger partial charge in [-0.15, -0.1) is 5.11 Å². The Kier molecular flexibility index (Phi) is 13.5. The molecule has 6 aromatic rings. The van der Waals surface area contributed by atoms with Crippen LogP contribution < -0.4 is 64.8 Å². The molecule has 53 heavy (non-hydrogen) atoms. The minimum Gasteiger partial charge on any atom is -0.744 e. The number of phenolic OH excluding ortho intramolecular Hbond substituents is 2. The Hall–Kier alpha value is -4.26. The number of hydrogen-bond acceptors (Lipinski definition) is 13. The molecular weight excluding hydrogens is 741 g/mol. The number of nitrogens with two attached hydrogens (primary N) is 1. The van der Waals surface area contributed by atoms with E-state index in [1.807, 2.05) is 12.1 Å². The summed E-state index contributed by atoms with van der Waals surface area (Å²) in [7, 11) is -10.5. The van der Waals surface area contributed by atoms with Gasteiger partial charge in [-0.3, -0.25) is 0 Å². The molecule has 0 aliphatic rings. The fraction of sp³-hybridized carbons (Fsp3) is 0. The average Bonchev–Trinajstić information content (AvgIpc) is 3.10. The molecule has 4 N–H and O–H groups in total. The van der Waals surface area contributed by atoms with E-state index < -0.39 is 52.7 Å². The van der Waals surface area contributed by atoms with Crippen LogP contribution in [-0.2, 0) is 20.2 Å². The van der Waals surface area contributed by atoms with Crippen LogP contribution in [0.5, 0.6) is 11.5 Å². The third-order valence-corrected chi connectivity index (χ3v) is 9.35. The molecular formula is C36H25N5Na2O8S2. The molecule has 13 nitrogen and oxygen atoms in total. The van der Waals surface area contributed by atoms with Crippen molar-refractivity contribution in [1.82, 2.24) is 0 Å². The van der Waals surface area contributed by atoms with E-state index in [0.29, 0.717) is 16.9 Å². The molecule has 0 aliphatic carbocycles. The third kappa shape index (κ3) is 9.84. The molecule has 0 heterocycles. The Morgan fingerprint density at radius 2 is 1.04 bits per heavy atom. The van der Waals surface area contributed by atoms with E-state index in [4.69, 9.17) is 5.73 Å². The van der Waals surface area contributed by atoms with Gasteiger partial charge < -0.3 is 25.1 Å². The molecule has 256 valence electrons. The number of nitrogen functional groups attached to an aromatic ring is 1. The molecule has 6 aromatic carbocycles. The summed E-state index contributed by atoms with van der Waals surface area (Å²) in [6.07, 6.45) is 2.68. The SMILES string of the molecule is Nc1c(N=Nc2ccc(-c3ccc(N=Nc4ccc(O)cc4)cc3)cc2)c(S(=O)(=O)[O-])cc2cc(S(=O)(=O)[O-])c(/C=C/c3ccccc3)c(O)c12.[Na+].[Na+]. The van der Waals surface area contributed by atoms with Gasteiger partial charge in [0.05, 0.1) is 32.5 Å². The molecule has 0 aromatic heterocycles. The summed E-state index contributed by atoms with van der Waals surface area (Å²) in [6.45, 7) is 0. The van der Waals surface area contributed by atoms with Crippen molar-refractivity contribution in [3.05, 3.63) is 126 Å². The average molecular weight is 766 g/mol. The Bertz CT molecular complexity index is 2590. The zero-order chi connectivity index (χ0) is 36.3. The first-order valence-electron chi connectivity index (χ1n) is 14.9. The standard InChI is InChI=1S/C36H27N5O8S2.2Na/c37-34-33-25(20-31(50(44,45)46)30(36(33)43)19-6-22-4-2-1-3-5-22)21-32(51(47,48)49)35(34)41-40-27-13-9-24(10-14-27)23-7-11-26(12-8-23)38-39-28-15-17-29(42)18-16-28;;/h1-21,42-43H,37H2,(H,44,45,46)(H,47,48,49);;/q;2*+1/p-2/b19-6+,39-38?,41-40?;;. The van der Waals surface area contributed by atoms with Crippen LogP contribution in [0, 0.1) is 0 Å². The van der Waals surface area contributed by atoms with E-state index in [9.17, 15) is 36.2 Å². The Labute approximate surface area is 348 Å². The molecule has 0 amide bonds. The van der Waals surface area contributed by atoms with Crippen molar-refractivity contribution in [2.45, 2.75) is 9.79 Å². The summed E-state index contributed by atoms with van der Waals surface area (Å²) in [5, 5.41) is 36.5. The van der Waals surface area contributed by atoms with Crippen LogP contribution in [0.15, 0.2) is 146 Å². The van der Waals surface area contributed by atoms with Gasteiger partial charge in [-0.05, 0) is 88.8 Å². The number of phenols is 2. The second-order valence-electron chi connectivity index (χ2n) is 11.0. The van der Waals surface area contributed by atoms with Gasteiger partial charge in [0.15, 0.2) is 0 Å². The molecule has 0 fully saturated rings. The van der Waals surface area contributed by atoms with Gasteiger partial charge in [0, 0.05) is 10.9 Å². The van der Waals surface area contributed by atoms with E-state index in [2.05, 4.69) is 20.5 Å². The van der Waals surface area contributed by atoms with Crippen molar-refractivity contribution < 1.29 is 95.3 Å². The normalized spacial score (nSPS) is 12.0. The second kappa shape index (κ2) is 17.3. The largest absolute Gasteiger partial charge is 1.00 e. The van der Waals surface area contributed by atoms with Gasteiger partial charge in [-0.1, -0.05) is 60.7 Å². The first-order valence-corrected chi connectivity index (χ1v) is 17.7. The maximum Gasteiger partial charge on any atom is 1.00 e. The van der Waals surface area contributed by atoms with Crippen LogP contribution in [0.3, 0.4) is 0 Å². The van der Waals surface area contributed by atoms with Crippen LogP contribution in [0.1, 0.15) is 11.1 Å². The first kappa shape index (κ1) is 41.5. The number of aromatic hydroxyl groups is 2. The number of hydrogen-bond donors (Lipinski definition) is 3. The van der Waals surface area contributed by atoms with Crippen LogP contribution >= 0.6 is 0 Å². The van der Waals surface area contributed by atoms with Crippen molar-refractivity contribution in [1.29, 1.82) is 0 Å². The van der Waals surface area contributed by atoms with Gasteiger partial charge >= 0.3 is 59.1 Å². The summed E-state index contributed by atoms with van der Waals surface area (Å²) < 4.78 is 73.6. The minimum absolute atomic E-state index is 0. The molecule has 0 bridgehead atoms. The Morgan fingerprint density at radius 3 is 1.53 bits per heavy atom. The summed E-state index contributed by atoms with van der Waals surface area (Å²) in [5.41, 5.74) is 8.55. The van der Waals surface area contributed by atoms with Crippen molar-refractivity contribution in [2.24, 2.45) is 20.5 Å². The van der Waals surface area contributed by atoms with Crippen LogP contribution in [-0.4, -0.2) is 36.2 Å². The topological polar surface area (TPSA) is 230 Å². The van der Waals surface area contributed by atoms with Crippen molar-refractivity contribution in [3.63, 3.8) is 0 Å². The maximum atomic E-state index is 12.3. The van der Waals surface area contributed by atoms with E-state index in [-0.39, 0.29) is 81.3 Å². The summed E-state index contributed by atoms with van der Waals surface area (Å²) >= 11 is 0. The number of benzene rings is 6. The Morgan fingerprint density at radius 1 is 0.585 bits per heavy atom. The van der Waals surface area contributed by atoms with Crippen LogP contribution in [0.4, 0.5) is 28.4 Å². The van der Waals surface area contributed by atoms with E-state index in [0.717, 1.165) is 23.3 Å². The third-order valence-electron chi connectivity index (χ3n) is 7.62. The number of anilines is 1. The van der Waals surface area contributed by atoms with E-state index in [1.54, 1.807) is 78.9 Å². The van der Waals surface area contributed by atoms with Crippen molar-refractivity contribution in [2.75, 3.05) is 5.73 Å². The number of fused-ring (bicyclic) bond motifs is 1. The van der Waals surface area contributed by atoms with Crippen LogP contribution in [0.2, 0.25) is 0 Å². The summed E-state index contributed by atoms with van der Waals surface area (Å²) in [5.74, 6) is -0.613. The summed E-state index contributed by atoms with van der Waals surface area (Å²) in [4.78, 5) is -1.78.